The number of nitrogens with zero attached hydrogens (tertiary/aromatic N) is 1. The fourth-order valence-corrected chi connectivity index (χ4v) is 2.84. The highest BCUT2D eigenvalue weighted by atomic mass is 32.2. The highest BCUT2D eigenvalue weighted by molar-refractivity contribution is 8.14. The van der Waals surface area contributed by atoms with E-state index < -0.39 is 0 Å². The zero-order valence-corrected chi connectivity index (χ0v) is 13.2. The van der Waals surface area contributed by atoms with E-state index in [0.717, 1.165) is 29.5 Å². The lowest BCUT2D eigenvalue weighted by molar-refractivity contribution is -0.125. The number of thioether (sulfide) groups is 1. The van der Waals surface area contributed by atoms with Gasteiger partial charge in [0.15, 0.2) is 0 Å². The van der Waals surface area contributed by atoms with Crippen molar-refractivity contribution < 1.29 is 19.2 Å². The van der Waals surface area contributed by atoms with Gasteiger partial charge in [-0.1, -0.05) is 11.8 Å². The van der Waals surface area contributed by atoms with Crippen LogP contribution in [0.2, 0.25) is 0 Å². The molecule has 1 saturated carbocycles. The average Bonchev–Trinajstić information content (AvgIpc) is 3.23. The van der Waals surface area contributed by atoms with Crippen molar-refractivity contribution in [3.05, 3.63) is 0 Å². The van der Waals surface area contributed by atoms with E-state index in [2.05, 4.69) is 10.6 Å². The van der Waals surface area contributed by atoms with E-state index in [-0.39, 0.29) is 41.8 Å². The summed E-state index contributed by atoms with van der Waals surface area (Å²) in [5, 5.41) is 5.34. The average molecular weight is 327 g/mol. The maximum Gasteiger partial charge on any atom is 0.288 e. The Kier molecular flexibility index (Phi) is 6.23. The molecule has 0 radical (unpaired) electrons. The number of rotatable bonds is 9. The van der Waals surface area contributed by atoms with E-state index in [0.29, 0.717) is 31.7 Å². The van der Waals surface area contributed by atoms with Crippen molar-refractivity contribution in [2.75, 3.05) is 18.8 Å². The van der Waals surface area contributed by atoms with Crippen LogP contribution in [-0.2, 0) is 14.4 Å². The molecule has 1 heterocycles. The normalized spacial score (nSPS) is 17.7. The number of carbonyl (C=O) groups excluding carboxylic acids is 4. The van der Waals surface area contributed by atoms with Gasteiger partial charge in [0, 0.05) is 32.0 Å². The number of nitrogens with one attached hydrogen (secondary N) is 2. The monoisotopic (exact) mass is 327 g/mol. The third-order valence-corrected chi connectivity index (χ3v) is 4.36. The Morgan fingerprint density at radius 1 is 1.14 bits per heavy atom. The van der Waals surface area contributed by atoms with Crippen molar-refractivity contribution >= 4 is 34.7 Å². The molecule has 2 fully saturated rings. The number of hydrogen-bond acceptors (Lipinski definition) is 5. The standard InChI is InChI=1S/C14H21N3O4S/c18-11(3-1-2-4-12(19)16-10-5-6-10)15-7-8-17-13(20)9-22-14(17)21/h10H,1-9H2,(H,15,18)(H,16,19). The molecule has 2 N–H and O–H groups in total. The molecule has 0 unspecified atom stereocenters. The van der Waals surface area contributed by atoms with Crippen molar-refractivity contribution in [1.29, 1.82) is 0 Å². The van der Waals surface area contributed by atoms with Crippen molar-refractivity contribution in [1.82, 2.24) is 15.5 Å². The van der Waals surface area contributed by atoms with E-state index >= 15 is 0 Å². The predicted molar refractivity (Wildman–Crippen MR) is 82.2 cm³/mol. The molecular formula is C14H21N3O4S. The van der Waals surface area contributed by atoms with Gasteiger partial charge in [0.25, 0.3) is 5.24 Å². The van der Waals surface area contributed by atoms with Crippen molar-refractivity contribution in [2.45, 2.75) is 44.6 Å². The van der Waals surface area contributed by atoms with Crippen molar-refractivity contribution in [2.24, 2.45) is 0 Å². The van der Waals surface area contributed by atoms with Crippen LogP contribution in [0.3, 0.4) is 0 Å². The second-order valence-electron chi connectivity index (χ2n) is 5.50. The third-order valence-electron chi connectivity index (χ3n) is 3.50. The molecule has 8 heteroatoms. The van der Waals surface area contributed by atoms with Crippen molar-refractivity contribution in [3.8, 4) is 0 Å². The van der Waals surface area contributed by atoms with Crippen LogP contribution in [-0.4, -0.2) is 52.7 Å². The quantitative estimate of drug-likeness (QED) is 0.606. The number of carbonyl (C=O) groups is 4. The first-order valence-electron chi connectivity index (χ1n) is 7.59. The Morgan fingerprint density at radius 2 is 1.82 bits per heavy atom. The van der Waals surface area contributed by atoms with Gasteiger partial charge in [0.1, 0.15) is 0 Å². The summed E-state index contributed by atoms with van der Waals surface area (Å²) < 4.78 is 0. The van der Waals surface area contributed by atoms with E-state index in [9.17, 15) is 19.2 Å². The number of imide groups is 1. The topological polar surface area (TPSA) is 95.6 Å². The minimum Gasteiger partial charge on any atom is -0.354 e. The molecule has 2 rings (SSSR count). The van der Waals surface area contributed by atoms with Gasteiger partial charge < -0.3 is 10.6 Å². The minimum absolute atomic E-state index is 0.0615. The summed E-state index contributed by atoms with van der Waals surface area (Å²) in [5.74, 6) is -0.0675. The molecule has 0 bridgehead atoms. The first-order chi connectivity index (χ1) is 10.6. The molecule has 7 nitrogen and oxygen atoms in total. The molecule has 0 aromatic heterocycles. The Morgan fingerprint density at radius 3 is 2.41 bits per heavy atom. The van der Waals surface area contributed by atoms with E-state index in [1.165, 1.54) is 0 Å². The summed E-state index contributed by atoms with van der Waals surface area (Å²) in [5.41, 5.74) is 0. The fourth-order valence-electron chi connectivity index (χ4n) is 2.09. The summed E-state index contributed by atoms with van der Waals surface area (Å²) in [6.45, 7) is 0.499. The highest BCUT2D eigenvalue weighted by Gasteiger charge is 2.29. The lowest BCUT2D eigenvalue weighted by atomic mass is 10.2. The molecular weight excluding hydrogens is 306 g/mol. The Bertz CT molecular complexity index is 449. The zero-order chi connectivity index (χ0) is 15.9. The van der Waals surface area contributed by atoms with Gasteiger partial charge in [-0.15, -0.1) is 0 Å². The van der Waals surface area contributed by atoms with Crippen LogP contribution >= 0.6 is 11.8 Å². The van der Waals surface area contributed by atoms with Gasteiger partial charge >= 0.3 is 0 Å². The largest absolute Gasteiger partial charge is 0.354 e. The maximum absolute atomic E-state index is 11.6. The lowest BCUT2D eigenvalue weighted by Crippen LogP contribution is -2.37. The van der Waals surface area contributed by atoms with Gasteiger partial charge in [-0.05, 0) is 25.7 Å². The van der Waals surface area contributed by atoms with Crippen LogP contribution in [0.5, 0.6) is 0 Å². The smallest absolute Gasteiger partial charge is 0.288 e. The molecule has 0 spiro atoms. The van der Waals surface area contributed by atoms with Gasteiger partial charge in [-0.3, -0.25) is 24.1 Å². The Labute approximate surface area is 133 Å². The van der Waals surface area contributed by atoms with Crippen molar-refractivity contribution in [3.63, 3.8) is 0 Å². The second kappa shape index (κ2) is 8.17. The maximum atomic E-state index is 11.6. The molecule has 122 valence electrons. The zero-order valence-electron chi connectivity index (χ0n) is 12.4. The minimum atomic E-state index is -0.249. The molecule has 1 saturated heterocycles. The molecule has 1 aliphatic heterocycles. The first-order valence-corrected chi connectivity index (χ1v) is 8.58. The Balaban J connectivity index is 1.48. The fraction of sp³-hybridized carbons (Fsp3) is 0.714. The van der Waals surface area contributed by atoms with Crippen LogP contribution in [0.15, 0.2) is 0 Å². The summed E-state index contributed by atoms with van der Waals surface area (Å²) in [6, 6.07) is 0.380. The van der Waals surface area contributed by atoms with Gasteiger partial charge in [-0.25, -0.2) is 0 Å². The highest BCUT2D eigenvalue weighted by Crippen LogP contribution is 2.19. The van der Waals surface area contributed by atoms with E-state index in [4.69, 9.17) is 0 Å². The predicted octanol–water partition coefficient (Wildman–Crippen LogP) is 0.637. The molecule has 22 heavy (non-hydrogen) atoms. The second-order valence-corrected chi connectivity index (χ2v) is 6.43. The third kappa shape index (κ3) is 5.67. The van der Waals surface area contributed by atoms with Gasteiger partial charge in [0.2, 0.25) is 17.7 Å². The number of hydrogen-bond donors (Lipinski definition) is 2. The summed E-state index contributed by atoms with van der Waals surface area (Å²) in [6.07, 6.45) is 4.31. The van der Waals surface area contributed by atoms with Crippen LogP contribution in [0.4, 0.5) is 4.79 Å². The Hall–Kier alpha value is -1.57. The molecule has 2 aliphatic rings. The summed E-state index contributed by atoms with van der Waals surface area (Å²) >= 11 is 0.987. The summed E-state index contributed by atoms with van der Waals surface area (Å²) in [7, 11) is 0. The summed E-state index contributed by atoms with van der Waals surface area (Å²) in [4.78, 5) is 46.9. The molecule has 0 aromatic rings. The first kappa shape index (κ1) is 16.8. The van der Waals surface area contributed by atoms with Crippen LogP contribution in [0.25, 0.3) is 0 Å². The SMILES string of the molecule is O=C(CCCCC(=O)NC1CC1)NCCN1C(=O)CSC1=O. The van der Waals surface area contributed by atoms with Gasteiger partial charge in [0.05, 0.1) is 5.75 Å². The lowest BCUT2D eigenvalue weighted by Gasteiger charge is -2.13. The number of unbranched alkanes of at least 4 members (excludes halogenated alkanes) is 1. The molecule has 0 aromatic carbocycles. The molecule has 0 atom stereocenters. The van der Waals surface area contributed by atoms with E-state index in [1.807, 2.05) is 0 Å². The van der Waals surface area contributed by atoms with E-state index in [1.54, 1.807) is 0 Å². The van der Waals surface area contributed by atoms with Crippen LogP contribution in [0, 0.1) is 0 Å². The van der Waals surface area contributed by atoms with Crippen LogP contribution < -0.4 is 10.6 Å². The molecule has 1 aliphatic carbocycles. The van der Waals surface area contributed by atoms with Crippen LogP contribution in [0.1, 0.15) is 38.5 Å². The van der Waals surface area contributed by atoms with Gasteiger partial charge in [-0.2, -0.15) is 0 Å². The molecule has 4 amide bonds. The number of amides is 4.